The molecule has 1 spiro atoms. The number of carboxylic acid groups (broad SMARTS) is 1. The summed E-state index contributed by atoms with van der Waals surface area (Å²) in [6.45, 7) is 11.3. The number of hydrogen-bond acceptors (Lipinski definition) is 4. The van der Waals surface area contributed by atoms with Gasteiger partial charge in [0, 0.05) is 30.5 Å². The van der Waals surface area contributed by atoms with Crippen LogP contribution in [0, 0.1) is 12.8 Å². The van der Waals surface area contributed by atoms with Crippen LogP contribution in [0.3, 0.4) is 0 Å². The lowest BCUT2D eigenvalue weighted by molar-refractivity contribution is -0.192. The van der Waals surface area contributed by atoms with Crippen LogP contribution in [0.1, 0.15) is 74.8 Å². The average molecular weight is 535 g/mol. The molecule has 7 nitrogen and oxygen atoms in total. The highest BCUT2D eigenvalue weighted by molar-refractivity contribution is 5.80. The lowest BCUT2D eigenvalue weighted by atomic mass is 9.72. The van der Waals surface area contributed by atoms with Gasteiger partial charge in [0.25, 0.3) is 0 Å². The SMILES string of the molecule is Cc1nc2c(n1C(C)C)CN(C(=O)C1CCC1)CC21CCN(Cc2ccccc2)CC1.O=C(O)C(F)(F)F. The fourth-order valence-corrected chi connectivity index (χ4v) is 5.97. The molecule has 1 amide bonds. The van der Waals surface area contributed by atoms with E-state index in [0.29, 0.717) is 11.9 Å². The molecule has 38 heavy (non-hydrogen) atoms. The number of amides is 1. The van der Waals surface area contributed by atoms with Crippen molar-refractivity contribution in [2.24, 2.45) is 5.92 Å². The molecule has 3 aliphatic rings. The third kappa shape index (κ3) is 5.90. The minimum Gasteiger partial charge on any atom is -0.475 e. The Morgan fingerprint density at radius 1 is 1.13 bits per heavy atom. The van der Waals surface area contributed by atoms with E-state index >= 15 is 0 Å². The number of fused-ring (bicyclic) bond motifs is 2. The predicted molar refractivity (Wildman–Crippen MR) is 136 cm³/mol. The molecule has 0 bridgehead atoms. The number of carboxylic acids is 1. The number of aryl methyl sites for hydroxylation is 1. The lowest BCUT2D eigenvalue weighted by Gasteiger charge is -2.48. The molecule has 2 aliphatic heterocycles. The second-order valence-electron chi connectivity index (χ2n) is 11.1. The lowest BCUT2D eigenvalue weighted by Crippen LogP contribution is -2.54. The van der Waals surface area contributed by atoms with E-state index in [4.69, 9.17) is 14.9 Å². The van der Waals surface area contributed by atoms with Crippen LogP contribution in [0.25, 0.3) is 0 Å². The second-order valence-corrected chi connectivity index (χ2v) is 11.1. The Hall–Kier alpha value is -2.88. The summed E-state index contributed by atoms with van der Waals surface area (Å²) in [4.78, 5) is 32.1. The highest BCUT2D eigenvalue weighted by Crippen LogP contribution is 2.43. The first-order chi connectivity index (χ1) is 17.9. The molecular formula is C28H37F3N4O3. The Labute approximate surface area is 221 Å². The Morgan fingerprint density at radius 3 is 2.24 bits per heavy atom. The molecule has 1 aliphatic carbocycles. The topological polar surface area (TPSA) is 78.7 Å². The first kappa shape index (κ1) is 28.1. The third-order valence-electron chi connectivity index (χ3n) is 8.11. The van der Waals surface area contributed by atoms with Crippen molar-refractivity contribution in [1.29, 1.82) is 0 Å². The van der Waals surface area contributed by atoms with E-state index in [-0.39, 0.29) is 11.3 Å². The van der Waals surface area contributed by atoms with Gasteiger partial charge in [-0.15, -0.1) is 0 Å². The molecule has 5 rings (SSSR count). The number of likely N-dealkylation sites (tertiary alicyclic amines) is 1. The van der Waals surface area contributed by atoms with Crippen molar-refractivity contribution in [3.8, 4) is 0 Å². The van der Waals surface area contributed by atoms with Crippen molar-refractivity contribution >= 4 is 11.9 Å². The Morgan fingerprint density at radius 2 is 1.74 bits per heavy atom. The van der Waals surface area contributed by atoms with Crippen LogP contribution in [0.15, 0.2) is 30.3 Å². The van der Waals surface area contributed by atoms with Crippen molar-refractivity contribution in [2.75, 3.05) is 19.6 Å². The number of halogens is 3. The quantitative estimate of drug-likeness (QED) is 0.592. The van der Waals surface area contributed by atoms with Gasteiger partial charge in [0.05, 0.1) is 17.9 Å². The average Bonchev–Trinajstić information content (AvgIpc) is 3.17. The maximum Gasteiger partial charge on any atom is 0.490 e. The summed E-state index contributed by atoms with van der Waals surface area (Å²) in [5, 5.41) is 7.12. The molecule has 1 aromatic carbocycles. The highest BCUT2D eigenvalue weighted by atomic mass is 19.4. The van der Waals surface area contributed by atoms with Crippen LogP contribution >= 0.6 is 0 Å². The number of benzene rings is 1. The Kier molecular flexibility index (Phi) is 8.20. The van der Waals surface area contributed by atoms with Gasteiger partial charge in [0.1, 0.15) is 5.82 Å². The van der Waals surface area contributed by atoms with Crippen molar-refractivity contribution in [3.05, 3.63) is 53.1 Å². The van der Waals surface area contributed by atoms with Gasteiger partial charge in [-0.25, -0.2) is 9.78 Å². The van der Waals surface area contributed by atoms with Gasteiger partial charge in [0.2, 0.25) is 5.91 Å². The molecule has 0 unspecified atom stereocenters. The largest absolute Gasteiger partial charge is 0.490 e. The van der Waals surface area contributed by atoms with Gasteiger partial charge < -0.3 is 14.6 Å². The second kappa shape index (κ2) is 11.1. The summed E-state index contributed by atoms with van der Waals surface area (Å²) in [5.74, 6) is -1.01. The summed E-state index contributed by atoms with van der Waals surface area (Å²) >= 11 is 0. The maximum absolute atomic E-state index is 13.3. The molecule has 0 radical (unpaired) electrons. The number of aliphatic carboxylic acids is 1. The third-order valence-corrected chi connectivity index (χ3v) is 8.11. The molecule has 1 saturated carbocycles. The van der Waals surface area contributed by atoms with Gasteiger partial charge in [-0.1, -0.05) is 36.8 Å². The minimum atomic E-state index is -5.08. The molecule has 10 heteroatoms. The van der Waals surface area contributed by atoms with Gasteiger partial charge in [-0.3, -0.25) is 9.69 Å². The van der Waals surface area contributed by atoms with E-state index < -0.39 is 12.1 Å². The van der Waals surface area contributed by atoms with Crippen LogP contribution < -0.4 is 0 Å². The standard InChI is InChI=1S/C26H36N4O.C2HF3O2/c1-19(2)30-20(3)27-24-23(30)17-29(25(31)22-10-7-11-22)18-26(24)12-14-28(15-13-26)16-21-8-5-4-6-9-21;3-2(4,5)1(6)7/h4-6,8-9,19,22H,7,10-18H2,1-3H3;(H,6,7). The fraction of sp³-hybridized carbons (Fsp3) is 0.607. The Balaban J connectivity index is 0.000000426. The molecular weight excluding hydrogens is 497 g/mol. The highest BCUT2D eigenvalue weighted by Gasteiger charge is 2.47. The monoisotopic (exact) mass is 534 g/mol. The van der Waals surface area contributed by atoms with E-state index in [1.807, 2.05) is 0 Å². The maximum atomic E-state index is 13.3. The van der Waals surface area contributed by atoms with E-state index in [0.717, 1.165) is 64.2 Å². The normalized spacial score (nSPS) is 19.5. The number of piperidine rings is 1. The summed E-state index contributed by atoms with van der Waals surface area (Å²) in [7, 11) is 0. The van der Waals surface area contributed by atoms with Crippen LogP contribution in [-0.4, -0.2) is 62.1 Å². The molecule has 2 fully saturated rings. The first-order valence-corrected chi connectivity index (χ1v) is 13.3. The predicted octanol–water partition coefficient (Wildman–Crippen LogP) is 5.08. The zero-order chi connectivity index (χ0) is 27.7. The summed E-state index contributed by atoms with van der Waals surface area (Å²) in [5.41, 5.74) is 3.97. The fourth-order valence-electron chi connectivity index (χ4n) is 5.97. The number of nitrogens with zero attached hydrogens (tertiary/aromatic N) is 4. The number of hydrogen-bond donors (Lipinski definition) is 1. The van der Waals surface area contributed by atoms with E-state index in [9.17, 15) is 18.0 Å². The summed E-state index contributed by atoms with van der Waals surface area (Å²) in [6.07, 6.45) is 0.425. The zero-order valence-electron chi connectivity index (χ0n) is 22.3. The molecule has 1 N–H and O–H groups in total. The number of imidazole rings is 1. The molecule has 208 valence electrons. The van der Waals surface area contributed by atoms with Crippen LogP contribution in [0.2, 0.25) is 0 Å². The number of alkyl halides is 3. The molecule has 1 saturated heterocycles. The van der Waals surface area contributed by atoms with Gasteiger partial charge in [0.15, 0.2) is 0 Å². The van der Waals surface area contributed by atoms with Crippen LogP contribution in [-0.2, 0) is 28.1 Å². The Bertz CT molecular complexity index is 1130. The zero-order valence-corrected chi connectivity index (χ0v) is 22.3. The minimum absolute atomic E-state index is 0.00504. The van der Waals surface area contributed by atoms with E-state index in [1.54, 1.807) is 0 Å². The van der Waals surface area contributed by atoms with Crippen molar-refractivity contribution < 1.29 is 27.9 Å². The van der Waals surface area contributed by atoms with Gasteiger partial charge in [-0.2, -0.15) is 13.2 Å². The molecule has 3 heterocycles. The summed E-state index contributed by atoms with van der Waals surface area (Å²) in [6, 6.07) is 11.1. The summed E-state index contributed by atoms with van der Waals surface area (Å²) < 4.78 is 34.1. The van der Waals surface area contributed by atoms with Crippen molar-refractivity contribution in [2.45, 2.75) is 83.6 Å². The van der Waals surface area contributed by atoms with E-state index in [2.05, 4.69) is 65.5 Å². The van der Waals surface area contributed by atoms with Crippen molar-refractivity contribution in [1.82, 2.24) is 19.4 Å². The first-order valence-electron chi connectivity index (χ1n) is 13.3. The van der Waals surface area contributed by atoms with Crippen molar-refractivity contribution in [3.63, 3.8) is 0 Å². The van der Waals surface area contributed by atoms with Gasteiger partial charge in [-0.05, 0) is 65.1 Å². The molecule has 1 aromatic heterocycles. The molecule has 2 aromatic rings. The van der Waals surface area contributed by atoms with E-state index in [1.165, 1.54) is 23.4 Å². The number of carbonyl (C=O) groups is 2. The number of rotatable bonds is 4. The molecule has 0 atom stereocenters. The smallest absolute Gasteiger partial charge is 0.475 e. The number of carbonyl (C=O) groups excluding carboxylic acids is 1. The van der Waals surface area contributed by atoms with Gasteiger partial charge >= 0.3 is 12.1 Å². The number of aromatic nitrogens is 2. The van der Waals surface area contributed by atoms with Crippen LogP contribution in [0.5, 0.6) is 0 Å². The van der Waals surface area contributed by atoms with Crippen LogP contribution in [0.4, 0.5) is 13.2 Å².